The molecule has 0 aromatic heterocycles. The van der Waals surface area contributed by atoms with Crippen LogP contribution in [-0.2, 0) is 16.0 Å². The molecule has 0 heterocycles. The van der Waals surface area contributed by atoms with Gasteiger partial charge in [-0.05, 0) is 30.4 Å². The van der Waals surface area contributed by atoms with Crippen LogP contribution in [0.25, 0.3) is 0 Å². The first-order valence-electron chi connectivity index (χ1n) is 7.19. The second-order valence-electron chi connectivity index (χ2n) is 5.15. The van der Waals surface area contributed by atoms with E-state index < -0.39 is 0 Å². The van der Waals surface area contributed by atoms with E-state index in [0.717, 1.165) is 31.1 Å². The maximum absolute atomic E-state index is 12.8. The number of hydrogen-bond acceptors (Lipinski definition) is 2. The first-order chi connectivity index (χ1) is 9.77. The number of amides is 1. The Morgan fingerprint density at radius 3 is 2.95 bits per heavy atom. The van der Waals surface area contributed by atoms with E-state index in [2.05, 4.69) is 34.1 Å². The van der Waals surface area contributed by atoms with Crippen LogP contribution < -0.4 is 0 Å². The standard InChI is InChI=1S/C16H22BrNO2/c1-20-12-11-18(10-9-17)16(19)15-8-4-6-13-5-2-3-7-14(13)15/h2-3,5,7,15H,4,6,8-12H2,1H3. The van der Waals surface area contributed by atoms with Gasteiger partial charge in [0, 0.05) is 25.5 Å². The normalized spacial score (nSPS) is 17.6. The molecule has 0 bridgehead atoms. The topological polar surface area (TPSA) is 29.5 Å². The molecule has 0 saturated carbocycles. The van der Waals surface area contributed by atoms with Crippen LogP contribution >= 0.6 is 15.9 Å². The van der Waals surface area contributed by atoms with Gasteiger partial charge in [0.2, 0.25) is 5.91 Å². The molecule has 3 nitrogen and oxygen atoms in total. The van der Waals surface area contributed by atoms with Gasteiger partial charge >= 0.3 is 0 Å². The zero-order chi connectivity index (χ0) is 14.4. The lowest BCUT2D eigenvalue weighted by Crippen LogP contribution is -2.39. The Hall–Kier alpha value is -0.870. The van der Waals surface area contributed by atoms with Gasteiger partial charge in [0.15, 0.2) is 0 Å². The van der Waals surface area contributed by atoms with E-state index in [-0.39, 0.29) is 11.8 Å². The van der Waals surface area contributed by atoms with E-state index in [1.807, 2.05) is 11.0 Å². The van der Waals surface area contributed by atoms with Gasteiger partial charge in [-0.2, -0.15) is 0 Å². The van der Waals surface area contributed by atoms with Crippen molar-refractivity contribution in [3.8, 4) is 0 Å². The van der Waals surface area contributed by atoms with Crippen molar-refractivity contribution >= 4 is 21.8 Å². The van der Waals surface area contributed by atoms with Crippen LogP contribution in [0.3, 0.4) is 0 Å². The van der Waals surface area contributed by atoms with Gasteiger partial charge in [-0.1, -0.05) is 40.2 Å². The summed E-state index contributed by atoms with van der Waals surface area (Å²) >= 11 is 3.43. The van der Waals surface area contributed by atoms with Crippen LogP contribution in [0.2, 0.25) is 0 Å². The van der Waals surface area contributed by atoms with Crippen LogP contribution in [-0.4, -0.2) is 42.9 Å². The van der Waals surface area contributed by atoms with Crippen LogP contribution in [0, 0.1) is 0 Å². The fraction of sp³-hybridized carbons (Fsp3) is 0.562. The van der Waals surface area contributed by atoms with Crippen molar-refractivity contribution in [3.63, 3.8) is 0 Å². The van der Waals surface area contributed by atoms with Gasteiger partial charge in [-0.25, -0.2) is 0 Å². The summed E-state index contributed by atoms with van der Waals surface area (Å²) < 4.78 is 5.12. The van der Waals surface area contributed by atoms with Crippen molar-refractivity contribution < 1.29 is 9.53 Å². The molecule has 0 radical (unpaired) electrons. The summed E-state index contributed by atoms with van der Waals surface area (Å²) in [4.78, 5) is 14.7. The summed E-state index contributed by atoms with van der Waals surface area (Å²) in [6.45, 7) is 1.99. The summed E-state index contributed by atoms with van der Waals surface area (Å²) in [5.74, 6) is 0.268. The maximum Gasteiger partial charge on any atom is 0.230 e. The number of ether oxygens (including phenoxy) is 1. The molecule has 1 atom stereocenters. The Morgan fingerprint density at radius 1 is 1.40 bits per heavy atom. The van der Waals surface area contributed by atoms with Gasteiger partial charge in [-0.3, -0.25) is 4.79 Å². The average Bonchev–Trinajstić information content (AvgIpc) is 2.50. The molecular formula is C16H22BrNO2. The molecule has 1 aliphatic rings. The van der Waals surface area contributed by atoms with E-state index in [0.29, 0.717) is 13.2 Å². The van der Waals surface area contributed by atoms with Crippen LogP contribution in [0.1, 0.15) is 29.9 Å². The monoisotopic (exact) mass is 339 g/mol. The summed E-state index contributed by atoms with van der Waals surface area (Å²) in [6.07, 6.45) is 3.15. The van der Waals surface area contributed by atoms with E-state index >= 15 is 0 Å². The molecule has 2 rings (SSSR count). The molecule has 1 aromatic carbocycles. The van der Waals surface area contributed by atoms with E-state index in [4.69, 9.17) is 4.74 Å². The summed E-state index contributed by atoms with van der Waals surface area (Å²) in [7, 11) is 1.67. The molecule has 110 valence electrons. The second kappa shape index (κ2) is 7.79. The smallest absolute Gasteiger partial charge is 0.230 e. The Labute approximate surface area is 129 Å². The second-order valence-corrected chi connectivity index (χ2v) is 5.94. The van der Waals surface area contributed by atoms with Gasteiger partial charge < -0.3 is 9.64 Å². The Balaban J connectivity index is 2.15. The average molecular weight is 340 g/mol. The number of fused-ring (bicyclic) bond motifs is 1. The highest BCUT2D eigenvalue weighted by Crippen LogP contribution is 2.32. The number of rotatable bonds is 6. The lowest BCUT2D eigenvalue weighted by molar-refractivity contribution is -0.133. The number of methoxy groups -OCH3 is 1. The number of alkyl halides is 1. The zero-order valence-corrected chi connectivity index (χ0v) is 13.6. The minimum atomic E-state index is 0.0239. The third kappa shape index (κ3) is 3.61. The Morgan fingerprint density at radius 2 is 2.20 bits per heavy atom. The first-order valence-corrected chi connectivity index (χ1v) is 8.31. The molecular weight excluding hydrogens is 318 g/mol. The fourth-order valence-electron chi connectivity index (χ4n) is 2.87. The summed E-state index contributed by atoms with van der Waals surface area (Å²) in [6, 6.07) is 8.36. The third-order valence-electron chi connectivity index (χ3n) is 3.90. The number of hydrogen-bond donors (Lipinski definition) is 0. The first kappa shape index (κ1) is 15.5. The number of carbonyl (C=O) groups is 1. The number of aryl methyl sites for hydroxylation is 1. The van der Waals surface area contributed by atoms with Crippen molar-refractivity contribution in [1.29, 1.82) is 0 Å². The minimum absolute atomic E-state index is 0.0239. The van der Waals surface area contributed by atoms with Crippen molar-refractivity contribution in [2.75, 3.05) is 32.1 Å². The maximum atomic E-state index is 12.8. The van der Waals surface area contributed by atoms with E-state index in [1.54, 1.807) is 7.11 Å². The minimum Gasteiger partial charge on any atom is -0.383 e. The van der Waals surface area contributed by atoms with Gasteiger partial charge in [0.05, 0.1) is 12.5 Å². The number of benzene rings is 1. The highest BCUT2D eigenvalue weighted by atomic mass is 79.9. The molecule has 1 amide bonds. The van der Waals surface area contributed by atoms with Crippen molar-refractivity contribution in [3.05, 3.63) is 35.4 Å². The molecule has 0 saturated heterocycles. The largest absolute Gasteiger partial charge is 0.383 e. The van der Waals surface area contributed by atoms with Crippen LogP contribution in [0.5, 0.6) is 0 Å². The molecule has 0 fully saturated rings. The van der Waals surface area contributed by atoms with Crippen molar-refractivity contribution in [1.82, 2.24) is 4.90 Å². The molecule has 0 spiro atoms. The number of carbonyl (C=O) groups excluding carboxylic acids is 1. The van der Waals surface area contributed by atoms with Crippen molar-refractivity contribution in [2.24, 2.45) is 0 Å². The lowest BCUT2D eigenvalue weighted by atomic mass is 9.82. The SMILES string of the molecule is COCCN(CCBr)C(=O)C1CCCc2ccccc21. The number of nitrogens with zero attached hydrogens (tertiary/aromatic N) is 1. The van der Waals surface area contributed by atoms with Crippen LogP contribution in [0.15, 0.2) is 24.3 Å². The van der Waals surface area contributed by atoms with Gasteiger partial charge in [0.1, 0.15) is 0 Å². The molecule has 4 heteroatoms. The Bertz CT molecular complexity index is 450. The molecule has 20 heavy (non-hydrogen) atoms. The van der Waals surface area contributed by atoms with Gasteiger partial charge in [-0.15, -0.1) is 0 Å². The van der Waals surface area contributed by atoms with E-state index in [1.165, 1.54) is 11.1 Å². The zero-order valence-electron chi connectivity index (χ0n) is 12.0. The fourth-order valence-corrected chi connectivity index (χ4v) is 3.29. The quantitative estimate of drug-likeness (QED) is 0.745. The Kier molecular flexibility index (Phi) is 6.05. The highest BCUT2D eigenvalue weighted by Gasteiger charge is 2.29. The lowest BCUT2D eigenvalue weighted by Gasteiger charge is -2.30. The molecule has 1 unspecified atom stereocenters. The van der Waals surface area contributed by atoms with Crippen LogP contribution in [0.4, 0.5) is 0 Å². The predicted octanol–water partition coefficient (Wildman–Crippen LogP) is 2.98. The molecule has 1 aliphatic carbocycles. The molecule has 0 aliphatic heterocycles. The van der Waals surface area contributed by atoms with Crippen molar-refractivity contribution in [2.45, 2.75) is 25.2 Å². The van der Waals surface area contributed by atoms with E-state index in [9.17, 15) is 4.79 Å². The summed E-state index contributed by atoms with van der Waals surface area (Å²) in [5, 5.41) is 0.802. The number of halogens is 1. The third-order valence-corrected chi connectivity index (χ3v) is 4.25. The highest BCUT2D eigenvalue weighted by molar-refractivity contribution is 9.09. The predicted molar refractivity (Wildman–Crippen MR) is 84.4 cm³/mol. The molecule has 1 aromatic rings. The summed E-state index contributed by atoms with van der Waals surface area (Å²) in [5.41, 5.74) is 2.56. The molecule has 0 N–H and O–H groups in total. The van der Waals surface area contributed by atoms with Gasteiger partial charge in [0.25, 0.3) is 0 Å².